The van der Waals surface area contributed by atoms with Crippen LogP contribution in [0, 0.1) is 0 Å². The number of nitrogen functional groups attached to an aromatic ring is 1. The van der Waals surface area contributed by atoms with Crippen LogP contribution in [0.15, 0.2) is 12.7 Å². The minimum atomic E-state index is -1.19. The number of nitrogens with zero attached hydrogens (tertiary/aromatic N) is 4. The Morgan fingerprint density at radius 2 is 2.00 bits per heavy atom. The van der Waals surface area contributed by atoms with Crippen molar-refractivity contribution in [1.29, 1.82) is 0 Å². The molecule has 2 aromatic heterocycles. The molecule has 0 bridgehead atoms. The maximum atomic E-state index is 9.95. The molecule has 10 heteroatoms. The Hall–Kier alpha value is -0.810. The number of nitrogens with two attached hydrogens (primary N) is 1. The van der Waals surface area contributed by atoms with E-state index in [1.165, 1.54) is 17.2 Å². The van der Waals surface area contributed by atoms with E-state index in [4.69, 9.17) is 15.6 Å². The summed E-state index contributed by atoms with van der Waals surface area (Å²) in [6, 6.07) is 0. The molecule has 1 saturated heterocycles. The first-order valence-electron chi connectivity index (χ1n) is 5.69. The molecule has 0 unspecified atom stereocenters. The Labute approximate surface area is 135 Å². The summed E-state index contributed by atoms with van der Waals surface area (Å²) in [5.74, 6) is 0.218. The molecule has 0 aromatic carbocycles. The van der Waals surface area contributed by atoms with E-state index >= 15 is 0 Å². The van der Waals surface area contributed by atoms with Crippen molar-refractivity contribution in [2.75, 3.05) is 12.3 Å². The number of hydrogen-bond acceptors (Lipinski definition) is 8. The normalized spacial score (nSPS) is 29.6. The van der Waals surface area contributed by atoms with E-state index in [1.54, 1.807) is 0 Å². The summed E-state index contributed by atoms with van der Waals surface area (Å²) in [5, 5.41) is 28.7. The van der Waals surface area contributed by atoms with Crippen LogP contribution in [0.1, 0.15) is 6.23 Å². The van der Waals surface area contributed by atoms with Gasteiger partial charge in [-0.25, -0.2) is 15.0 Å². The van der Waals surface area contributed by atoms with Crippen LogP contribution in [-0.4, -0.2) is 89.3 Å². The predicted octanol–water partition coefficient (Wildman–Crippen LogP) is -2.63. The predicted molar refractivity (Wildman–Crippen MR) is 69.9 cm³/mol. The monoisotopic (exact) mass is 291 g/mol. The zero-order valence-electron chi connectivity index (χ0n) is 9.79. The van der Waals surface area contributed by atoms with Crippen molar-refractivity contribution >= 4 is 46.5 Å². The molecule has 3 heterocycles. The molecule has 1 fully saturated rings. The molecule has 0 amide bonds. The summed E-state index contributed by atoms with van der Waals surface area (Å²) >= 11 is 0. The summed E-state index contributed by atoms with van der Waals surface area (Å²) in [6.07, 6.45) is -1.42. The number of aromatic nitrogens is 4. The standard InChI is InChI=1S/C10H13N5O4.Na.H/c11-8-5-9(13-2-12-8)15(3-14-5)10-7(18)6(17)4(1-16)19-10;;/h2-4,6-7,10,16-18H,1H2,(H2,11,12,13);;/t4-,6-,7-,10-;;/m1../s1. The van der Waals surface area contributed by atoms with Gasteiger partial charge in [-0.3, -0.25) is 4.57 Å². The zero-order chi connectivity index (χ0) is 13.6. The van der Waals surface area contributed by atoms with Crippen molar-refractivity contribution < 1.29 is 20.1 Å². The van der Waals surface area contributed by atoms with Crippen LogP contribution in [0.25, 0.3) is 11.2 Å². The Kier molecular flexibility index (Phi) is 4.59. The van der Waals surface area contributed by atoms with Crippen molar-refractivity contribution in [3.8, 4) is 0 Å². The molecule has 4 atom stereocenters. The summed E-state index contributed by atoms with van der Waals surface area (Å²) in [6.45, 7) is -0.390. The molecule has 1 aliphatic rings. The Morgan fingerprint density at radius 3 is 2.65 bits per heavy atom. The SMILES string of the molecule is Nc1ncnc2c1ncn2[C@@H]1O[C@H](CO)[C@@H](O)[C@H]1O.[NaH]. The van der Waals surface area contributed by atoms with Gasteiger partial charge in [0.1, 0.15) is 30.2 Å². The molecule has 5 N–H and O–H groups in total. The average Bonchev–Trinajstić information content (AvgIpc) is 2.94. The third-order valence-electron chi connectivity index (χ3n) is 3.18. The summed E-state index contributed by atoms with van der Waals surface area (Å²) < 4.78 is 6.85. The number of aliphatic hydroxyl groups is 3. The number of ether oxygens (including phenoxy) is 1. The Balaban J connectivity index is 0.00000147. The molecule has 9 nitrogen and oxygen atoms in total. The van der Waals surface area contributed by atoms with E-state index in [9.17, 15) is 10.2 Å². The van der Waals surface area contributed by atoms with Crippen LogP contribution in [0.3, 0.4) is 0 Å². The van der Waals surface area contributed by atoms with E-state index in [2.05, 4.69) is 15.0 Å². The topological polar surface area (TPSA) is 140 Å². The first-order valence-corrected chi connectivity index (χ1v) is 5.69. The van der Waals surface area contributed by atoms with Crippen molar-refractivity contribution in [2.45, 2.75) is 24.5 Å². The molecule has 3 rings (SSSR count). The Morgan fingerprint density at radius 1 is 1.25 bits per heavy atom. The fraction of sp³-hybridized carbons (Fsp3) is 0.500. The first-order chi connectivity index (χ1) is 9.13. The van der Waals surface area contributed by atoms with Crippen molar-refractivity contribution in [1.82, 2.24) is 19.5 Å². The fourth-order valence-corrected chi connectivity index (χ4v) is 2.17. The summed E-state index contributed by atoms with van der Waals surface area (Å²) in [4.78, 5) is 11.9. The van der Waals surface area contributed by atoms with E-state index in [1.807, 2.05) is 0 Å². The second kappa shape index (κ2) is 5.90. The number of anilines is 1. The number of aliphatic hydroxyl groups excluding tert-OH is 3. The first kappa shape index (κ1) is 15.6. The van der Waals surface area contributed by atoms with E-state index in [-0.39, 0.29) is 35.4 Å². The number of hydrogen-bond donors (Lipinski definition) is 4. The maximum absolute atomic E-state index is 9.95. The van der Waals surface area contributed by atoms with Crippen LogP contribution in [-0.2, 0) is 4.74 Å². The van der Waals surface area contributed by atoms with Crippen LogP contribution < -0.4 is 5.73 Å². The van der Waals surface area contributed by atoms with Gasteiger partial charge in [0.2, 0.25) is 0 Å². The molecule has 2 aromatic rings. The molecular weight excluding hydrogens is 277 g/mol. The van der Waals surface area contributed by atoms with Gasteiger partial charge in [0.15, 0.2) is 17.7 Å². The second-order valence-electron chi connectivity index (χ2n) is 4.31. The molecule has 0 aliphatic carbocycles. The fourth-order valence-electron chi connectivity index (χ4n) is 2.17. The van der Waals surface area contributed by atoms with Crippen molar-refractivity contribution in [3.05, 3.63) is 12.7 Å². The van der Waals surface area contributed by atoms with Crippen molar-refractivity contribution in [3.63, 3.8) is 0 Å². The number of imidazole rings is 1. The van der Waals surface area contributed by atoms with Gasteiger partial charge in [-0.05, 0) is 0 Å². The van der Waals surface area contributed by atoms with E-state index in [0.717, 1.165) is 0 Å². The van der Waals surface area contributed by atoms with Crippen LogP contribution in [0.4, 0.5) is 5.82 Å². The van der Waals surface area contributed by atoms with Gasteiger partial charge < -0.3 is 25.8 Å². The quantitative estimate of drug-likeness (QED) is 0.441. The van der Waals surface area contributed by atoms with Gasteiger partial charge in [-0.15, -0.1) is 0 Å². The minimum absolute atomic E-state index is 0. The number of fused-ring (bicyclic) bond motifs is 1. The van der Waals surface area contributed by atoms with Crippen LogP contribution in [0.2, 0.25) is 0 Å². The molecule has 0 spiro atoms. The van der Waals surface area contributed by atoms with Gasteiger partial charge in [-0.1, -0.05) is 0 Å². The molecule has 20 heavy (non-hydrogen) atoms. The summed E-state index contributed by atoms with van der Waals surface area (Å²) in [5.41, 5.74) is 6.44. The van der Waals surface area contributed by atoms with Gasteiger partial charge in [-0.2, -0.15) is 0 Å². The third-order valence-corrected chi connectivity index (χ3v) is 3.18. The van der Waals surface area contributed by atoms with Gasteiger partial charge in [0, 0.05) is 0 Å². The van der Waals surface area contributed by atoms with Crippen molar-refractivity contribution in [2.24, 2.45) is 0 Å². The Bertz CT molecular complexity index is 608. The summed E-state index contributed by atoms with van der Waals surface area (Å²) in [7, 11) is 0. The molecule has 0 radical (unpaired) electrons. The number of rotatable bonds is 2. The van der Waals surface area contributed by atoms with Gasteiger partial charge in [0.25, 0.3) is 0 Å². The van der Waals surface area contributed by atoms with E-state index in [0.29, 0.717) is 11.2 Å². The molecule has 1 aliphatic heterocycles. The van der Waals surface area contributed by atoms with E-state index < -0.39 is 31.1 Å². The van der Waals surface area contributed by atoms with Crippen LogP contribution >= 0.6 is 0 Å². The third kappa shape index (κ3) is 2.31. The molecule has 104 valence electrons. The second-order valence-corrected chi connectivity index (χ2v) is 4.31. The van der Waals surface area contributed by atoms with Crippen LogP contribution in [0.5, 0.6) is 0 Å². The molecular formula is C10H14N5NaO4. The van der Waals surface area contributed by atoms with Gasteiger partial charge in [0.05, 0.1) is 12.9 Å². The van der Waals surface area contributed by atoms with Gasteiger partial charge >= 0.3 is 29.6 Å². The zero-order valence-corrected chi connectivity index (χ0v) is 9.79. The average molecular weight is 291 g/mol. The molecule has 0 saturated carbocycles.